The number of unbranched alkanes of at least 4 members (excludes halogenated alkanes) is 15. The van der Waals surface area contributed by atoms with Gasteiger partial charge in [0.25, 0.3) is 0 Å². The van der Waals surface area contributed by atoms with Gasteiger partial charge in [-0.2, -0.15) is 0 Å². The van der Waals surface area contributed by atoms with Crippen molar-refractivity contribution in [2.75, 3.05) is 32.7 Å². The summed E-state index contributed by atoms with van der Waals surface area (Å²) in [6.45, 7) is 4.75. The first-order chi connectivity index (χ1) is 27.6. The predicted octanol–water partition coefficient (Wildman–Crippen LogP) is 3.59. The minimum Gasteiger partial charge on any atom is -0.368 e. The van der Waals surface area contributed by atoms with Crippen molar-refractivity contribution in [2.24, 2.45) is 22.9 Å². The number of nitrogens with one attached hydrogen (secondary N) is 5. The second-order valence-electron chi connectivity index (χ2n) is 15.4. The van der Waals surface area contributed by atoms with Gasteiger partial charge in [0, 0.05) is 32.4 Å². The third kappa shape index (κ3) is 32.4. The normalized spacial score (nSPS) is 12.6. The van der Waals surface area contributed by atoms with Gasteiger partial charge in [0.2, 0.25) is 35.4 Å². The number of hydrogen-bond acceptors (Lipinski definition) is 9. The van der Waals surface area contributed by atoms with Gasteiger partial charge in [-0.05, 0) is 110 Å². The molecule has 0 heterocycles. The summed E-state index contributed by atoms with van der Waals surface area (Å²) in [6.07, 6.45) is 21.2. The van der Waals surface area contributed by atoms with Crippen molar-refractivity contribution in [1.82, 2.24) is 26.6 Å². The van der Waals surface area contributed by atoms with Gasteiger partial charge in [-0.3, -0.25) is 28.8 Å². The number of nitrogens with two attached hydrogens (primary N) is 4. The first kappa shape index (κ1) is 53.7. The van der Waals surface area contributed by atoms with E-state index in [1.165, 1.54) is 0 Å². The van der Waals surface area contributed by atoms with E-state index in [1.807, 2.05) is 0 Å². The maximum atomic E-state index is 13.4. The first-order valence-electron chi connectivity index (χ1n) is 22.4. The van der Waals surface area contributed by atoms with E-state index in [0.717, 1.165) is 116 Å². The van der Waals surface area contributed by atoms with Gasteiger partial charge in [0.05, 0.1) is 0 Å². The van der Waals surface area contributed by atoms with E-state index < -0.39 is 24.0 Å². The number of carbonyl (C=O) groups excluding carboxylic acids is 6. The van der Waals surface area contributed by atoms with E-state index in [1.54, 1.807) is 0 Å². The third-order valence-electron chi connectivity index (χ3n) is 10.1. The van der Waals surface area contributed by atoms with Gasteiger partial charge in [-0.15, -0.1) is 0 Å². The van der Waals surface area contributed by atoms with Crippen molar-refractivity contribution in [3.8, 4) is 0 Å². The van der Waals surface area contributed by atoms with E-state index in [4.69, 9.17) is 22.9 Å². The fourth-order valence-electron chi connectivity index (χ4n) is 6.53. The lowest BCUT2D eigenvalue weighted by atomic mass is 10.0. The highest BCUT2D eigenvalue weighted by atomic mass is 16.2. The van der Waals surface area contributed by atoms with Crippen molar-refractivity contribution < 1.29 is 28.8 Å². The Bertz CT molecular complexity index is 1080. The van der Waals surface area contributed by atoms with Crippen LogP contribution < -0.4 is 49.5 Å². The van der Waals surface area contributed by atoms with E-state index in [-0.39, 0.29) is 36.0 Å². The summed E-state index contributed by atoms with van der Waals surface area (Å²) in [6, 6.07) is -2.10. The van der Waals surface area contributed by atoms with Gasteiger partial charge in [0.15, 0.2) is 0 Å². The quantitative estimate of drug-likeness (QED) is 0.0409. The molecule has 0 rings (SSSR count). The molecule has 0 fully saturated rings. The number of rotatable bonds is 40. The molecule has 0 aromatic rings. The van der Waals surface area contributed by atoms with Crippen LogP contribution in [0.3, 0.4) is 0 Å². The van der Waals surface area contributed by atoms with Crippen molar-refractivity contribution in [3.63, 3.8) is 0 Å². The maximum absolute atomic E-state index is 13.4. The van der Waals surface area contributed by atoms with E-state index in [0.29, 0.717) is 84.1 Å². The number of primary amides is 1. The SMILES string of the molecule is CCCCCC(=O)NCCCCCC(=O)NC(CCCCN)C(=O)NC(CCCCN)C(=O)NCCCCCCCCCCCC(=O)NC(CCCCN)C(N)=O. The molecule has 15 nitrogen and oxygen atoms in total. The van der Waals surface area contributed by atoms with Crippen molar-refractivity contribution in [2.45, 2.75) is 198 Å². The molecule has 15 heteroatoms. The molecule has 13 N–H and O–H groups in total. The van der Waals surface area contributed by atoms with E-state index in [2.05, 4.69) is 33.5 Å². The molecule has 0 aliphatic carbocycles. The molecule has 0 spiro atoms. The lowest BCUT2D eigenvalue weighted by molar-refractivity contribution is -0.132. The Morgan fingerprint density at radius 1 is 0.404 bits per heavy atom. The Morgan fingerprint density at radius 2 is 0.789 bits per heavy atom. The summed E-state index contributed by atoms with van der Waals surface area (Å²) in [5, 5.41) is 14.5. The van der Waals surface area contributed by atoms with Gasteiger partial charge in [-0.1, -0.05) is 71.1 Å². The van der Waals surface area contributed by atoms with Gasteiger partial charge in [-0.25, -0.2) is 0 Å². The van der Waals surface area contributed by atoms with Crippen molar-refractivity contribution in [3.05, 3.63) is 0 Å². The number of hydrogen-bond donors (Lipinski definition) is 9. The Morgan fingerprint density at radius 3 is 1.28 bits per heavy atom. The van der Waals surface area contributed by atoms with Crippen LogP contribution in [0.4, 0.5) is 0 Å². The summed E-state index contributed by atoms with van der Waals surface area (Å²) >= 11 is 0. The van der Waals surface area contributed by atoms with Crippen LogP contribution in [-0.2, 0) is 28.8 Å². The molecular formula is C42H83N9O6. The number of carbonyl (C=O) groups is 6. The van der Waals surface area contributed by atoms with Crippen LogP contribution in [0.1, 0.15) is 180 Å². The van der Waals surface area contributed by atoms with Crippen molar-refractivity contribution >= 4 is 35.4 Å². The molecule has 3 unspecified atom stereocenters. The maximum Gasteiger partial charge on any atom is 0.243 e. The van der Waals surface area contributed by atoms with Crippen LogP contribution in [0, 0.1) is 0 Å². The summed E-state index contributed by atoms with van der Waals surface area (Å²) in [4.78, 5) is 75.2. The van der Waals surface area contributed by atoms with E-state index in [9.17, 15) is 28.8 Å². The first-order valence-corrected chi connectivity index (χ1v) is 22.4. The molecule has 0 aliphatic heterocycles. The van der Waals surface area contributed by atoms with Crippen LogP contribution in [-0.4, -0.2) is 86.3 Å². The van der Waals surface area contributed by atoms with Gasteiger partial charge < -0.3 is 49.5 Å². The minimum absolute atomic E-state index is 0.0729. The largest absolute Gasteiger partial charge is 0.368 e. The Kier molecular flexibility index (Phi) is 36.0. The Balaban J connectivity index is 4.52. The smallest absolute Gasteiger partial charge is 0.243 e. The average molecular weight is 810 g/mol. The number of amides is 6. The fraction of sp³-hybridized carbons (Fsp3) is 0.857. The van der Waals surface area contributed by atoms with Crippen LogP contribution >= 0.6 is 0 Å². The second-order valence-corrected chi connectivity index (χ2v) is 15.4. The summed E-state index contributed by atoms with van der Waals surface area (Å²) in [5.41, 5.74) is 22.3. The molecule has 0 aliphatic rings. The Hall–Kier alpha value is -3.30. The third-order valence-corrected chi connectivity index (χ3v) is 10.1. The molecule has 57 heavy (non-hydrogen) atoms. The minimum atomic E-state index is -0.756. The molecule has 0 saturated carbocycles. The van der Waals surface area contributed by atoms with E-state index >= 15 is 0 Å². The molecule has 0 bridgehead atoms. The zero-order valence-corrected chi connectivity index (χ0v) is 35.6. The molecular weight excluding hydrogens is 727 g/mol. The summed E-state index contributed by atoms with van der Waals surface area (Å²) in [7, 11) is 0. The monoisotopic (exact) mass is 810 g/mol. The fourth-order valence-corrected chi connectivity index (χ4v) is 6.53. The van der Waals surface area contributed by atoms with Crippen molar-refractivity contribution in [1.29, 1.82) is 0 Å². The predicted molar refractivity (Wildman–Crippen MR) is 229 cm³/mol. The summed E-state index contributed by atoms with van der Waals surface area (Å²) in [5.74, 6) is -1.37. The second kappa shape index (κ2) is 38.2. The van der Waals surface area contributed by atoms with Gasteiger partial charge in [0.1, 0.15) is 18.1 Å². The van der Waals surface area contributed by atoms with Gasteiger partial charge >= 0.3 is 0 Å². The molecule has 0 aromatic carbocycles. The molecule has 0 saturated heterocycles. The Labute approximate surface area is 344 Å². The molecule has 0 radical (unpaired) electrons. The highest BCUT2D eigenvalue weighted by molar-refractivity contribution is 5.92. The highest BCUT2D eigenvalue weighted by Gasteiger charge is 2.26. The average Bonchev–Trinajstić information content (AvgIpc) is 3.18. The highest BCUT2D eigenvalue weighted by Crippen LogP contribution is 2.12. The molecule has 0 aromatic heterocycles. The summed E-state index contributed by atoms with van der Waals surface area (Å²) < 4.78 is 0. The molecule has 332 valence electrons. The lowest BCUT2D eigenvalue weighted by Gasteiger charge is -2.23. The topological polar surface area (TPSA) is 267 Å². The zero-order chi connectivity index (χ0) is 42.4. The van der Waals surface area contributed by atoms with Crippen LogP contribution in [0.15, 0.2) is 0 Å². The lowest BCUT2D eigenvalue weighted by Crippen LogP contribution is -2.53. The molecule has 3 atom stereocenters. The van der Waals surface area contributed by atoms with Crippen LogP contribution in [0.5, 0.6) is 0 Å². The van der Waals surface area contributed by atoms with Crippen LogP contribution in [0.25, 0.3) is 0 Å². The molecule has 6 amide bonds. The standard InChI is InChI=1S/C42H83N9O6/c1-2-3-12-26-37(52)47-32-22-11-14-28-39(54)50-36(25-17-20-31-45)42(57)51-35(24-16-19-30-44)41(56)48-33-21-10-8-6-4-5-7-9-13-27-38(53)49-34(40(46)55)23-15-18-29-43/h34-36H,2-33,43-45H2,1H3,(H2,46,55)(H,47,52)(H,48,56)(H,49,53)(H,50,54)(H,51,57). The zero-order valence-electron chi connectivity index (χ0n) is 35.6. The van der Waals surface area contributed by atoms with Crippen LogP contribution in [0.2, 0.25) is 0 Å².